The van der Waals surface area contributed by atoms with Gasteiger partial charge in [0.1, 0.15) is 0 Å². The molecule has 4 atom stereocenters. The Hall–Kier alpha value is -0.860. The fraction of sp³-hybridized carbons (Fsp3) is 0.647. The van der Waals surface area contributed by atoms with E-state index in [9.17, 15) is 0 Å². The second-order valence-electron chi connectivity index (χ2n) is 6.06. The Balaban J connectivity index is 2.16. The molecule has 106 valence electrons. The lowest BCUT2D eigenvalue weighted by Crippen LogP contribution is -2.42. The van der Waals surface area contributed by atoms with E-state index in [1.54, 1.807) is 0 Å². The summed E-state index contributed by atoms with van der Waals surface area (Å²) in [5, 5.41) is 3.53. The number of benzene rings is 1. The first-order chi connectivity index (χ1) is 9.17. The van der Waals surface area contributed by atoms with Crippen LogP contribution in [-0.2, 0) is 0 Å². The van der Waals surface area contributed by atoms with E-state index in [2.05, 4.69) is 68.4 Å². The largest absolute Gasteiger partial charge is 0.312 e. The maximum Gasteiger partial charge on any atom is 0.0475 e. The second-order valence-corrected chi connectivity index (χ2v) is 6.06. The SMILES string of the molecule is CCC(C(NC)c1ccccc1)N1CC(C)C(C)C1. The lowest BCUT2D eigenvalue weighted by Gasteiger charge is -2.34. The molecular formula is C17H28N2. The third-order valence-electron chi connectivity index (χ3n) is 4.76. The number of likely N-dealkylation sites (N-methyl/N-ethyl adjacent to an activating group) is 1. The summed E-state index contributed by atoms with van der Waals surface area (Å²) < 4.78 is 0. The normalized spacial score (nSPS) is 27.4. The van der Waals surface area contributed by atoms with Gasteiger partial charge in [-0.15, -0.1) is 0 Å². The molecule has 1 aliphatic rings. The van der Waals surface area contributed by atoms with E-state index in [1.165, 1.54) is 25.1 Å². The molecule has 0 spiro atoms. The lowest BCUT2D eigenvalue weighted by atomic mass is 9.96. The van der Waals surface area contributed by atoms with Crippen LogP contribution in [0.25, 0.3) is 0 Å². The van der Waals surface area contributed by atoms with Crippen molar-refractivity contribution in [1.29, 1.82) is 0 Å². The second kappa shape index (κ2) is 6.53. The number of hydrogen-bond donors (Lipinski definition) is 1. The molecule has 19 heavy (non-hydrogen) atoms. The van der Waals surface area contributed by atoms with Crippen molar-refractivity contribution in [1.82, 2.24) is 10.2 Å². The minimum absolute atomic E-state index is 0.434. The van der Waals surface area contributed by atoms with Gasteiger partial charge in [-0.25, -0.2) is 0 Å². The van der Waals surface area contributed by atoms with Crippen molar-refractivity contribution >= 4 is 0 Å². The Kier molecular flexibility index (Phi) is 5.00. The molecule has 1 aromatic carbocycles. The molecule has 2 heteroatoms. The summed E-state index contributed by atoms with van der Waals surface area (Å²) in [5.41, 5.74) is 1.41. The predicted octanol–water partition coefficient (Wildman–Crippen LogP) is 3.31. The van der Waals surface area contributed by atoms with E-state index < -0.39 is 0 Å². The molecule has 2 nitrogen and oxygen atoms in total. The monoisotopic (exact) mass is 260 g/mol. The summed E-state index contributed by atoms with van der Waals surface area (Å²) in [4.78, 5) is 2.68. The average Bonchev–Trinajstić information content (AvgIpc) is 2.76. The number of hydrogen-bond acceptors (Lipinski definition) is 2. The first kappa shape index (κ1) is 14.5. The minimum atomic E-state index is 0.434. The van der Waals surface area contributed by atoms with E-state index in [0.29, 0.717) is 12.1 Å². The molecule has 2 rings (SSSR count). The molecule has 1 heterocycles. The summed E-state index contributed by atoms with van der Waals surface area (Å²) in [6, 6.07) is 11.9. The highest BCUT2D eigenvalue weighted by Crippen LogP contribution is 2.30. The Morgan fingerprint density at radius 3 is 2.21 bits per heavy atom. The van der Waals surface area contributed by atoms with Gasteiger partial charge in [-0.2, -0.15) is 0 Å². The topological polar surface area (TPSA) is 15.3 Å². The molecule has 1 aliphatic heterocycles. The van der Waals surface area contributed by atoms with Gasteiger partial charge in [0.15, 0.2) is 0 Å². The molecule has 0 bridgehead atoms. The standard InChI is InChI=1S/C17H28N2/c1-5-16(19-11-13(2)14(3)12-19)17(18-4)15-9-7-6-8-10-15/h6-10,13-14,16-18H,5,11-12H2,1-4H3. The Bertz CT molecular complexity index is 366. The van der Waals surface area contributed by atoms with E-state index in [-0.39, 0.29) is 0 Å². The van der Waals surface area contributed by atoms with Crippen LogP contribution in [-0.4, -0.2) is 31.1 Å². The highest BCUT2D eigenvalue weighted by molar-refractivity contribution is 5.20. The molecule has 0 aliphatic carbocycles. The van der Waals surface area contributed by atoms with Crippen LogP contribution < -0.4 is 5.32 Å². The quantitative estimate of drug-likeness (QED) is 0.874. The third kappa shape index (κ3) is 3.18. The van der Waals surface area contributed by atoms with E-state index in [4.69, 9.17) is 0 Å². The third-order valence-corrected chi connectivity index (χ3v) is 4.76. The van der Waals surface area contributed by atoms with Gasteiger partial charge < -0.3 is 5.32 Å². The first-order valence-corrected chi connectivity index (χ1v) is 7.63. The number of nitrogens with zero attached hydrogens (tertiary/aromatic N) is 1. The van der Waals surface area contributed by atoms with Crippen LogP contribution in [0.4, 0.5) is 0 Å². The van der Waals surface area contributed by atoms with Crippen LogP contribution >= 0.6 is 0 Å². The van der Waals surface area contributed by atoms with E-state index in [0.717, 1.165) is 11.8 Å². The molecule has 0 aromatic heterocycles. The van der Waals surface area contributed by atoms with Gasteiger partial charge in [-0.1, -0.05) is 51.1 Å². The number of nitrogens with one attached hydrogen (secondary N) is 1. The first-order valence-electron chi connectivity index (χ1n) is 7.63. The molecule has 0 amide bonds. The number of likely N-dealkylation sites (tertiary alicyclic amines) is 1. The molecule has 1 N–H and O–H groups in total. The van der Waals surface area contributed by atoms with Gasteiger partial charge in [0, 0.05) is 25.2 Å². The van der Waals surface area contributed by atoms with E-state index in [1.807, 2.05) is 0 Å². The van der Waals surface area contributed by atoms with Crippen LogP contribution in [0, 0.1) is 11.8 Å². The van der Waals surface area contributed by atoms with Crippen molar-refractivity contribution in [3.05, 3.63) is 35.9 Å². The Morgan fingerprint density at radius 1 is 1.16 bits per heavy atom. The summed E-state index contributed by atoms with van der Waals surface area (Å²) in [6.45, 7) is 9.56. The molecule has 1 fully saturated rings. The van der Waals surface area contributed by atoms with Crippen LogP contribution in [0.1, 0.15) is 38.8 Å². The van der Waals surface area contributed by atoms with Crippen LogP contribution in [0.5, 0.6) is 0 Å². The summed E-state index contributed by atoms with van der Waals surface area (Å²) in [6.07, 6.45) is 1.19. The van der Waals surface area contributed by atoms with Crippen LogP contribution in [0.2, 0.25) is 0 Å². The van der Waals surface area contributed by atoms with Crippen LogP contribution in [0.3, 0.4) is 0 Å². The molecule has 4 unspecified atom stereocenters. The highest BCUT2D eigenvalue weighted by Gasteiger charge is 2.34. The smallest absolute Gasteiger partial charge is 0.0475 e. The fourth-order valence-corrected chi connectivity index (χ4v) is 3.39. The van der Waals surface area contributed by atoms with Gasteiger partial charge in [0.05, 0.1) is 0 Å². The zero-order valence-corrected chi connectivity index (χ0v) is 12.8. The highest BCUT2D eigenvalue weighted by atomic mass is 15.2. The molecular weight excluding hydrogens is 232 g/mol. The Labute approximate surface area is 118 Å². The summed E-state index contributed by atoms with van der Waals surface area (Å²) >= 11 is 0. The van der Waals surface area contributed by atoms with Crippen molar-refractivity contribution in [3.63, 3.8) is 0 Å². The average molecular weight is 260 g/mol. The summed E-state index contributed by atoms with van der Waals surface area (Å²) in [5.74, 6) is 1.64. The Morgan fingerprint density at radius 2 is 1.74 bits per heavy atom. The van der Waals surface area contributed by atoms with Crippen molar-refractivity contribution < 1.29 is 0 Å². The molecule has 1 aromatic rings. The molecule has 0 saturated carbocycles. The van der Waals surface area contributed by atoms with Crippen molar-refractivity contribution in [2.75, 3.05) is 20.1 Å². The van der Waals surface area contributed by atoms with Gasteiger partial charge >= 0.3 is 0 Å². The molecule has 1 saturated heterocycles. The zero-order valence-electron chi connectivity index (χ0n) is 12.8. The minimum Gasteiger partial charge on any atom is -0.312 e. The fourth-order valence-electron chi connectivity index (χ4n) is 3.39. The van der Waals surface area contributed by atoms with Crippen molar-refractivity contribution in [3.8, 4) is 0 Å². The lowest BCUT2D eigenvalue weighted by molar-refractivity contribution is 0.182. The summed E-state index contributed by atoms with van der Waals surface area (Å²) in [7, 11) is 2.09. The maximum atomic E-state index is 3.53. The van der Waals surface area contributed by atoms with Gasteiger partial charge in [0.25, 0.3) is 0 Å². The van der Waals surface area contributed by atoms with E-state index >= 15 is 0 Å². The van der Waals surface area contributed by atoms with Crippen molar-refractivity contribution in [2.24, 2.45) is 11.8 Å². The van der Waals surface area contributed by atoms with Gasteiger partial charge in [-0.3, -0.25) is 4.90 Å². The van der Waals surface area contributed by atoms with Gasteiger partial charge in [-0.05, 0) is 30.9 Å². The number of rotatable bonds is 5. The van der Waals surface area contributed by atoms with Gasteiger partial charge in [0.2, 0.25) is 0 Å². The van der Waals surface area contributed by atoms with Crippen LogP contribution in [0.15, 0.2) is 30.3 Å². The zero-order chi connectivity index (χ0) is 13.8. The van der Waals surface area contributed by atoms with Crippen molar-refractivity contribution in [2.45, 2.75) is 39.3 Å². The predicted molar refractivity (Wildman–Crippen MR) is 82.2 cm³/mol. The molecule has 0 radical (unpaired) electrons. The maximum absolute atomic E-state index is 3.53.